The molecule has 2 aliphatic carbocycles. The number of aromatic carboxylic acids is 1. The number of carboxylic acids is 3. The third kappa shape index (κ3) is 23.1. The van der Waals surface area contributed by atoms with Gasteiger partial charge in [-0.15, -0.1) is 0 Å². The normalized spacial score (nSPS) is 13.8. The summed E-state index contributed by atoms with van der Waals surface area (Å²) < 4.78 is 175. The summed E-state index contributed by atoms with van der Waals surface area (Å²) in [5, 5.41) is 35.2. The van der Waals surface area contributed by atoms with Crippen molar-refractivity contribution in [3.8, 4) is 0 Å². The van der Waals surface area contributed by atoms with Crippen LogP contribution in [-0.2, 0) is 54.1 Å². The number of halogens is 12. The van der Waals surface area contributed by atoms with Gasteiger partial charge >= 0.3 is 48.6 Å². The Kier molecular flexibility index (Phi) is 29.1. The minimum absolute atomic E-state index is 0.0330. The van der Waals surface area contributed by atoms with Gasteiger partial charge in [0.05, 0.1) is 60.3 Å². The predicted molar refractivity (Wildman–Crippen MR) is 253 cm³/mol. The molecule has 0 amide bonds. The fraction of sp³-hybridized carbons (Fsp3) is 0.462. The largest absolute Gasteiger partial charge is 0.507 e. The highest BCUT2D eigenvalue weighted by atomic mass is 19.4. The number of methoxy groups -OCH3 is 1. The van der Waals surface area contributed by atoms with Gasteiger partial charge in [-0.25, -0.2) is 19.2 Å². The van der Waals surface area contributed by atoms with Gasteiger partial charge in [0, 0.05) is 13.2 Å². The molecule has 0 aromatic heterocycles. The van der Waals surface area contributed by atoms with Gasteiger partial charge in [0.2, 0.25) is 0 Å². The van der Waals surface area contributed by atoms with Crippen molar-refractivity contribution in [2.45, 2.75) is 129 Å². The first-order chi connectivity index (χ1) is 35.5. The van der Waals surface area contributed by atoms with E-state index in [-0.39, 0.29) is 43.8 Å². The minimum atomic E-state index is -4.89. The summed E-state index contributed by atoms with van der Waals surface area (Å²) in [6.45, 7) is 6.53. The molecule has 0 saturated heterocycles. The van der Waals surface area contributed by atoms with Crippen molar-refractivity contribution in [1.82, 2.24) is 0 Å². The molecule has 2 aromatic carbocycles. The van der Waals surface area contributed by atoms with E-state index in [0.717, 1.165) is 94.9 Å². The topological polar surface area (TPSA) is 186 Å². The van der Waals surface area contributed by atoms with Gasteiger partial charge in [-0.05, 0) is 67.5 Å². The van der Waals surface area contributed by atoms with Gasteiger partial charge < -0.3 is 39.4 Å². The van der Waals surface area contributed by atoms with Crippen LogP contribution < -0.4 is 0 Å². The Morgan fingerprint density at radius 3 is 1.33 bits per heavy atom. The lowest BCUT2D eigenvalue weighted by atomic mass is 10.0. The molecule has 0 radical (unpaired) electrons. The Morgan fingerprint density at radius 2 is 0.934 bits per heavy atom. The van der Waals surface area contributed by atoms with Crippen LogP contribution >= 0.6 is 0 Å². The van der Waals surface area contributed by atoms with E-state index in [1.165, 1.54) is 36.4 Å². The summed E-state index contributed by atoms with van der Waals surface area (Å²) >= 11 is 0. The lowest BCUT2D eigenvalue weighted by Gasteiger charge is -2.17. The Labute approximate surface area is 430 Å². The van der Waals surface area contributed by atoms with Crippen molar-refractivity contribution < 1.29 is 111 Å². The smallest absolute Gasteiger partial charge is 0.420 e. The molecule has 424 valence electrons. The van der Waals surface area contributed by atoms with E-state index in [0.29, 0.717) is 19.6 Å². The molecule has 0 bridgehead atoms. The molecule has 2 aliphatic rings. The maximum atomic E-state index is 13.5. The number of aliphatic carboxylic acids is 2. The van der Waals surface area contributed by atoms with Gasteiger partial charge in [0.25, 0.3) is 0 Å². The van der Waals surface area contributed by atoms with E-state index in [1.807, 2.05) is 20.8 Å². The Morgan fingerprint density at radius 1 is 0.526 bits per heavy atom. The number of rotatable bonds is 21. The standard InChI is InChI=1S/C19H27F3O3.C14H17F3O3.C10H9F3O3.C9H7F3O3/c1-3-5-7-12-24-14-15-10-9-11-16(17(15)19(20,21)22)18(23)25-13-8-6-4-2;1-2-3-4-8-20-9-10-6-5-7-11(13(18)19)12(10)14(15,16)17;1-16-7-5-3-2-4-6(9(14)15)8(7)10(11,12)13;10-9(11,12)7-5(8(14)15)3-1-2-4-6(7)13/h9-11H,3-8,12-14H2,1-2H3;5-7H,2-4,8-9H2,1H3,(H,18,19);3-5H,2H2,1H3,(H,14,15);2-4,13H,1H2,(H,14,15). The van der Waals surface area contributed by atoms with E-state index >= 15 is 0 Å². The number of aliphatic hydroxyl groups is 1. The molecule has 12 nitrogen and oxygen atoms in total. The molecule has 76 heavy (non-hydrogen) atoms. The number of carbonyl (C=O) groups is 4. The quantitative estimate of drug-likeness (QED) is 0.0527. The Hall–Kier alpha value is -6.56. The van der Waals surface area contributed by atoms with Crippen LogP contribution in [0.4, 0.5) is 52.7 Å². The minimum Gasteiger partial charge on any atom is -0.507 e. The summed E-state index contributed by atoms with van der Waals surface area (Å²) in [5.74, 6) is -7.42. The highest BCUT2D eigenvalue weighted by molar-refractivity contribution is 5.94. The van der Waals surface area contributed by atoms with Gasteiger partial charge in [-0.2, -0.15) is 52.7 Å². The van der Waals surface area contributed by atoms with Crippen LogP contribution in [0.15, 0.2) is 107 Å². The van der Waals surface area contributed by atoms with Crippen molar-refractivity contribution in [2.75, 3.05) is 26.9 Å². The highest BCUT2D eigenvalue weighted by Crippen LogP contribution is 2.39. The molecular formula is C52H60F12O12. The van der Waals surface area contributed by atoms with Crippen molar-refractivity contribution in [3.63, 3.8) is 0 Å². The van der Waals surface area contributed by atoms with Crippen LogP contribution in [0.2, 0.25) is 0 Å². The SMILES string of the molecule is CCCCCOCc1cccc(C(=O)O)c1C(F)(F)F.CCCCCOCc1cccc(C(=O)OCCCCC)c1C(F)(F)F.COC1=C(C(F)(F)F)C(C(=O)O)=CCC=C1.O=C(O)C1=CCC=CC(O)=C1C(F)(F)F. The lowest BCUT2D eigenvalue weighted by Crippen LogP contribution is -2.20. The highest BCUT2D eigenvalue weighted by Gasteiger charge is 2.43. The van der Waals surface area contributed by atoms with Crippen LogP contribution in [0.1, 0.15) is 134 Å². The van der Waals surface area contributed by atoms with Crippen LogP contribution in [0.3, 0.4) is 0 Å². The number of hydrogen-bond donors (Lipinski definition) is 4. The zero-order valence-electron chi connectivity index (χ0n) is 41.8. The Bertz CT molecular complexity index is 2410. The molecule has 0 atom stereocenters. The molecule has 0 spiro atoms. The first kappa shape index (κ1) is 67.5. The molecule has 0 unspecified atom stereocenters. The molecule has 0 fully saturated rings. The second kappa shape index (κ2) is 32.8. The number of benzene rings is 2. The van der Waals surface area contributed by atoms with Crippen molar-refractivity contribution in [2.24, 2.45) is 0 Å². The molecule has 4 rings (SSSR count). The number of carboxylic acid groups (broad SMARTS) is 3. The zero-order valence-corrected chi connectivity index (χ0v) is 41.8. The fourth-order valence-electron chi connectivity index (χ4n) is 6.84. The number of aliphatic hydroxyl groups excluding tert-OH is 1. The van der Waals surface area contributed by atoms with E-state index in [9.17, 15) is 71.9 Å². The Balaban J connectivity index is 0.000000517. The first-order valence-corrected chi connectivity index (χ1v) is 23.5. The van der Waals surface area contributed by atoms with E-state index in [1.54, 1.807) is 0 Å². The van der Waals surface area contributed by atoms with Gasteiger partial charge in [0.1, 0.15) is 22.7 Å². The summed E-state index contributed by atoms with van der Waals surface area (Å²) in [6, 6.07) is 7.43. The zero-order chi connectivity index (χ0) is 57.9. The molecule has 0 heterocycles. The number of carbonyl (C=O) groups excluding carboxylic acids is 1. The second-order valence-electron chi connectivity index (χ2n) is 16.2. The number of alkyl halides is 12. The molecular weight excluding hydrogens is 1040 g/mol. The van der Waals surface area contributed by atoms with Crippen LogP contribution in [0.5, 0.6) is 0 Å². The first-order valence-electron chi connectivity index (χ1n) is 23.5. The van der Waals surface area contributed by atoms with Gasteiger partial charge in [-0.3, -0.25) is 0 Å². The van der Waals surface area contributed by atoms with Gasteiger partial charge in [-0.1, -0.05) is 108 Å². The number of allylic oxidation sites excluding steroid dienone is 6. The van der Waals surface area contributed by atoms with Crippen LogP contribution in [0.25, 0.3) is 0 Å². The second-order valence-corrected chi connectivity index (χ2v) is 16.2. The maximum absolute atomic E-state index is 13.5. The number of unbranched alkanes of at least 4 members (excludes halogenated alkanes) is 6. The molecule has 0 aliphatic heterocycles. The lowest BCUT2D eigenvalue weighted by molar-refractivity contribution is -0.140. The number of hydrogen-bond acceptors (Lipinski definition) is 9. The summed E-state index contributed by atoms with van der Waals surface area (Å²) in [6.07, 6.45) is -4.37. The monoisotopic (exact) mass is 1100 g/mol. The maximum Gasteiger partial charge on any atom is 0.420 e. The molecule has 24 heteroatoms. The van der Waals surface area contributed by atoms with Crippen molar-refractivity contribution >= 4 is 23.9 Å². The molecule has 2 aromatic rings. The third-order valence-electron chi connectivity index (χ3n) is 10.3. The van der Waals surface area contributed by atoms with Crippen LogP contribution in [-0.4, -0.2) is 83.6 Å². The van der Waals surface area contributed by atoms with Crippen LogP contribution in [0, 0.1) is 0 Å². The van der Waals surface area contributed by atoms with E-state index < -0.39 is 105 Å². The summed E-state index contributed by atoms with van der Waals surface area (Å²) in [4.78, 5) is 44.3. The third-order valence-corrected chi connectivity index (χ3v) is 10.3. The number of esters is 1. The molecule has 0 saturated carbocycles. The molecule has 4 N–H and O–H groups in total. The predicted octanol–water partition coefficient (Wildman–Crippen LogP) is 14.6. The summed E-state index contributed by atoms with van der Waals surface area (Å²) in [5.41, 5.74) is -7.92. The van der Waals surface area contributed by atoms with E-state index in [2.05, 4.69) is 4.74 Å². The summed E-state index contributed by atoms with van der Waals surface area (Å²) in [7, 11) is 1.07. The average molecular weight is 1110 g/mol. The van der Waals surface area contributed by atoms with E-state index in [4.69, 9.17) is 34.6 Å². The van der Waals surface area contributed by atoms with Crippen molar-refractivity contribution in [3.05, 3.63) is 140 Å². The van der Waals surface area contributed by atoms with Gasteiger partial charge in [0.15, 0.2) is 0 Å². The number of ether oxygens (including phenoxy) is 4. The fourth-order valence-corrected chi connectivity index (χ4v) is 6.84. The average Bonchev–Trinajstić information content (AvgIpc) is 3.69. The van der Waals surface area contributed by atoms with Crippen molar-refractivity contribution in [1.29, 1.82) is 0 Å².